The van der Waals surface area contributed by atoms with E-state index in [4.69, 9.17) is 9.15 Å². The molecule has 0 amide bonds. The predicted molar refractivity (Wildman–Crippen MR) is 69.9 cm³/mol. The van der Waals surface area contributed by atoms with E-state index in [1.165, 1.54) is 0 Å². The summed E-state index contributed by atoms with van der Waals surface area (Å²) >= 11 is 0. The van der Waals surface area contributed by atoms with Crippen LogP contribution in [0.4, 0.5) is 0 Å². The van der Waals surface area contributed by atoms with E-state index in [0.29, 0.717) is 30.3 Å². The highest BCUT2D eigenvalue weighted by Gasteiger charge is 2.04. The smallest absolute Gasteiger partial charge is 0.185 e. The Kier molecular flexibility index (Phi) is 3.82. The van der Waals surface area contributed by atoms with Gasteiger partial charge in [-0.1, -0.05) is 13.8 Å². The van der Waals surface area contributed by atoms with Gasteiger partial charge in [-0.25, -0.2) is 0 Å². The Bertz CT molecular complexity index is 509. The van der Waals surface area contributed by atoms with Gasteiger partial charge < -0.3 is 9.15 Å². The monoisotopic (exact) mass is 244 g/mol. The molecule has 2 aromatic rings. The Morgan fingerprint density at radius 2 is 1.89 bits per heavy atom. The van der Waals surface area contributed by atoms with Crippen molar-refractivity contribution in [1.82, 2.24) is 0 Å². The van der Waals surface area contributed by atoms with Crippen LogP contribution in [0.15, 0.2) is 40.8 Å². The van der Waals surface area contributed by atoms with Crippen LogP contribution in [-0.4, -0.2) is 12.9 Å². The zero-order chi connectivity index (χ0) is 13.0. The fraction of sp³-hybridized carbons (Fsp3) is 0.267. The fourth-order valence-electron chi connectivity index (χ4n) is 1.55. The SMILES string of the molecule is CC(C)COc1ccc(-c2ccc(C=O)o2)cc1. The maximum absolute atomic E-state index is 10.5. The first-order valence-corrected chi connectivity index (χ1v) is 5.97. The summed E-state index contributed by atoms with van der Waals surface area (Å²) in [6.45, 7) is 4.92. The second-order valence-electron chi connectivity index (χ2n) is 4.55. The molecule has 0 aliphatic carbocycles. The first-order chi connectivity index (χ1) is 8.69. The van der Waals surface area contributed by atoms with Gasteiger partial charge in [0, 0.05) is 5.56 Å². The minimum atomic E-state index is 0.338. The van der Waals surface area contributed by atoms with Crippen molar-refractivity contribution < 1.29 is 13.9 Å². The number of carbonyl (C=O) groups excluding carboxylic acids is 1. The molecular formula is C15H16O3. The van der Waals surface area contributed by atoms with Crippen LogP contribution in [0, 0.1) is 5.92 Å². The van der Waals surface area contributed by atoms with Crippen LogP contribution in [0.3, 0.4) is 0 Å². The van der Waals surface area contributed by atoms with Crippen molar-refractivity contribution in [1.29, 1.82) is 0 Å². The predicted octanol–water partition coefficient (Wildman–Crippen LogP) is 3.79. The van der Waals surface area contributed by atoms with Gasteiger partial charge in [-0.05, 0) is 42.3 Å². The molecule has 0 N–H and O–H groups in total. The highest BCUT2D eigenvalue weighted by Crippen LogP contribution is 2.24. The summed E-state index contributed by atoms with van der Waals surface area (Å²) in [7, 11) is 0. The van der Waals surface area contributed by atoms with Crippen molar-refractivity contribution in [2.75, 3.05) is 6.61 Å². The normalized spacial score (nSPS) is 10.6. The number of rotatable bonds is 5. The molecule has 1 aromatic heterocycles. The van der Waals surface area contributed by atoms with Gasteiger partial charge in [0.1, 0.15) is 11.5 Å². The lowest BCUT2D eigenvalue weighted by atomic mass is 10.1. The van der Waals surface area contributed by atoms with Gasteiger partial charge >= 0.3 is 0 Å². The third-order valence-corrected chi connectivity index (χ3v) is 2.47. The van der Waals surface area contributed by atoms with Crippen LogP contribution in [0.25, 0.3) is 11.3 Å². The Labute approximate surface area is 106 Å². The van der Waals surface area contributed by atoms with E-state index in [0.717, 1.165) is 11.3 Å². The lowest BCUT2D eigenvalue weighted by molar-refractivity contribution is 0.110. The molecule has 0 saturated heterocycles. The van der Waals surface area contributed by atoms with E-state index in [1.807, 2.05) is 24.3 Å². The lowest BCUT2D eigenvalue weighted by Gasteiger charge is -2.08. The standard InChI is InChI=1S/C15H16O3/c1-11(2)10-17-13-5-3-12(4-6-13)15-8-7-14(9-16)18-15/h3-9,11H,10H2,1-2H3. The topological polar surface area (TPSA) is 39.4 Å². The highest BCUT2D eigenvalue weighted by molar-refractivity contribution is 5.72. The van der Waals surface area contributed by atoms with Crippen LogP contribution >= 0.6 is 0 Å². The molecule has 3 nitrogen and oxygen atoms in total. The molecule has 0 fully saturated rings. The molecule has 0 spiro atoms. The molecule has 3 heteroatoms. The molecule has 0 atom stereocenters. The quantitative estimate of drug-likeness (QED) is 0.751. The van der Waals surface area contributed by atoms with Crippen LogP contribution in [0.5, 0.6) is 5.75 Å². The summed E-state index contributed by atoms with van der Waals surface area (Å²) in [5.41, 5.74) is 0.931. The number of hydrogen-bond donors (Lipinski definition) is 0. The molecule has 94 valence electrons. The molecule has 1 aromatic carbocycles. The number of carbonyl (C=O) groups is 1. The van der Waals surface area contributed by atoms with Gasteiger partial charge in [0.05, 0.1) is 6.61 Å². The van der Waals surface area contributed by atoms with E-state index in [2.05, 4.69) is 13.8 Å². The van der Waals surface area contributed by atoms with Crippen LogP contribution < -0.4 is 4.74 Å². The summed E-state index contributed by atoms with van der Waals surface area (Å²) < 4.78 is 10.9. The maximum atomic E-state index is 10.5. The third-order valence-electron chi connectivity index (χ3n) is 2.47. The minimum Gasteiger partial charge on any atom is -0.493 e. The summed E-state index contributed by atoms with van der Waals surface area (Å²) in [6.07, 6.45) is 0.698. The molecule has 0 radical (unpaired) electrons. The third kappa shape index (κ3) is 3.00. The fourth-order valence-corrected chi connectivity index (χ4v) is 1.55. The van der Waals surface area contributed by atoms with E-state index in [9.17, 15) is 4.79 Å². The molecule has 0 unspecified atom stereocenters. The Morgan fingerprint density at radius 3 is 2.44 bits per heavy atom. The molecule has 0 aliphatic rings. The maximum Gasteiger partial charge on any atom is 0.185 e. The van der Waals surface area contributed by atoms with Crippen molar-refractivity contribution in [2.45, 2.75) is 13.8 Å². The Balaban J connectivity index is 2.09. The molecule has 18 heavy (non-hydrogen) atoms. The van der Waals surface area contributed by atoms with E-state index >= 15 is 0 Å². The number of furan rings is 1. The van der Waals surface area contributed by atoms with Gasteiger partial charge in [0.2, 0.25) is 0 Å². The van der Waals surface area contributed by atoms with Crippen LogP contribution in [-0.2, 0) is 0 Å². The summed E-state index contributed by atoms with van der Waals surface area (Å²) in [6, 6.07) is 11.1. The average molecular weight is 244 g/mol. The molecule has 0 bridgehead atoms. The Morgan fingerprint density at radius 1 is 1.17 bits per heavy atom. The van der Waals surface area contributed by atoms with Crippen molar-refractivity contribution in [3.05, 3.63) is 42.2 Å². The zero-order valence-corrected chi connectivity index (χ0v) is 10.6. The van der Waals surface area contributed by atoms with Gasteiger partial charge in [-0.15, -0.1) is 0 Å². The zero-order valence-electron chi connectivity index (χ0n) is 10.6. The molecule has 2 rings (SSSR count). The largest absolute Gasteiger partial charge is 0.493 e. The van der Waals surface area contributed by atoms with Crippen molar-refractivity contribution in [3.8, 4) is 17.1 Å². The second kappa shape index (κ2) is 5.54. The second-order valence-corrected chi connectivity index (χ2v) is 4.55. The van der Waals surface area contributed by atoms with Gasteiger partial charge in [-0.3, -0.25) is 4.79 Å². The number of benzene rings is 1. The Hall–Kier alpha value is -2.03. The summed E-state index contributed by atoms with van der Waals surface area (Å²) in [5.74, 6) is 2.37. The molecule has 1 heterocycles. The van der Waals surface area contributed by atoms with Crippen molar-refractivity contribution >= 4 is 6.29 Å². The summed E-state index contributed by atoms with van der Waals surface area (Å²) in [5, 5.41) is 0. The molecule has 0 saturated carbocycles. The molecule has 0 aliphatic heterocycles. The highest BCUT2D eigenvalue weighted by atomic mass is 16.5. The number of ether oxygens (including phenoxy) is 1. The minimum absolute atomic E-state index is 0.338. The van der Waals surface area contributed by atoms with Crippen LogP contribution in [0.2, 0.25) is 0 Å². The summed E-state index contributed by atoms with van der Waals surface area (Å²) in [4.78, 5) is 10.5. The number of aldehydes is 1. The van der Waals surface area contributed by atoms with Crippen molar-refractivity contribution in [3.63, 3.8) is 0 Å². The average Bonchev–Trinajstić information content (AvgIpc) is 2.85. The van der Waals surface area contributed by atoms with Gasteiger partial charge in [-0.2, -0.15) is 0 Å². The number of hydrogen-bond acceptors (Lipinski definition) is 3. The van der Waals surface area contributed by atoms with Gasteiger partial charge in [0.25, 0.3) is 0 Å². The lowest BCUT2D eigenvalue weighted by Crippen LogP contribution is -2.04. The first-order valence-electron chi connectivity index (χ1n) is 5.97. The van der Waals surface area contributed by atoms with Gasteiger partial charge in [0.15, 0.2) is 12.0 Å². The van der Waals surface area contributed by atoms with Crippen molar-refractivity contribution in [2.24, 2.45) is 5.92 Å². The van der Waals surface area contributed by atoms with E-state index < -0.39 is 0 Å². The van der Waals surface area contributed by atoms with E-state index in [-0.39, 0.29) is 0 Å². The van der Waals surface area contributed by atoms with Crippen LogP contribution in [0.1, 0.15) is 24.4 Å². The van der Waals surface area contributed by atoms with E-state index in [1.54, 1.807) is 12.1 Å². The molecular weight excluding hydrogens is 228 g/mol. The first kappa shape index (κ1) is 12.4.